The van der Waals surface area contributed by atoms with Gasteiger partial charge in [-0.2, -0.15) is 8.42 Å². The van der Waals surface area contributed by atoms with Crippen LogP contribution in [0, 0.1) is 6.92 Å². The zero-order valence-electron chi connectivity index (χ0n) is 30.5. The normalized spacial score (nSPS) is 11.8. The lowest BCUT2D eigenvalue weighted by Gasteiger charge is -2.07. The van der Waals surface area contributed by atoms with Crippen LogP contribution >= 0.6 is 23.1 Å². The van der Waals surface area contributed by atoms with Gasteiger partial charge in [0.25, 0.3) is 10.1 Å². The summed E-state index contributed by atoms with van der Waals surface area (Å²) in [5.74, 6) is 2.10. The highest BCUT2D eigenvalue weighted by Crippen LogP contribution is 2.34. The first kappa shape index (κ1) is 40.4. The van der Waals surface area contributed by atoms with E-state index in [0.29, 0.717) is 0 Å². The zero-order chi connectivity index (χ0) is 35.3. The van der Waals surface area contributed by atoms with Gasteiger partial charge in [0.2, 0.25) is 0 Å². The van der Waals surface area contributed by atoms with Crippen LogP contribution in [-0.4, -0.2) is 32.4 Å². The van der Waals surface area contributed by atoms with Crippen LogP contribution in [0.1, 0.15) is 128 Å². The lowest BCUT2D eigenvalue weighted by Crippen LogP contribution is -2.07. The first-order chi connectivity index (χ1) is 24.4. The molecule has 0 unspecified atom stereocenters. The molecular weight excluding hydrogens is 679 g/mol. The van der Waals surface area contributed by atoms with E-state index < -0.39 is 10.1 Å². The van der Waals surface area contributed by atoms with Gasteiger partial charge in [-0.05, 0) is 86.5 Å². The van der Waals surface area contributed by atoms with E-state index in [2.05, 4.69) is 49.4 Å². The van der Waals surface area contributed by atoms with Crippen LogP contribution in [0.2, 0.25) is 0 Å². The lowest BCUT2D eigenvalue weighted by atomic mass is 10.1. The second kappa shape index (κ2) is 23.2. The number of hydrogen-bond acceptors (Lipinski definition) is 7. The highest BCUT2D eigenvalue weighted by Gasteiger charge is 2.14. The van der Waals surface area contributed by atoms with Crippen LogP contribution in [0.15, 0.2) is 76.5 Å². The summed E-state index contributed by atoms with van der Waals surface area (Å²) in [6.45, 7) is 5.19. The van der Waals surface area contributed by atoms with E-state index in [1.165, 1.54) is 98.8 Å². The number of aryl methyl sites for hydroxylation is 1. The molecule has 3 aromatic carbocycles. The van der Waals surface area contributed by atoms with Gasteiger partial charge >= 0.3 is 0 Å². The third kappa shape index (κ3) is 15.1. The molecule has 0 saturated carbocycles. The van der Waals surface area contributed by atoms with Gasteiger partial charge in [-0.3, -0.25) is 4.18 Å². The number of fused-ring (bicyclic) bond motifs is 1. The van der Waals surface area contributed by atoms with Gasteiger partial charge in [0, 0.05) is 10.5 Å². The summed E-state index contributed by atoms with van der Waals surface area (Å²) in [6.07, 6.45) is 22.4. The minimum atomic E-state index is -3.65. The third-order valence-corrected chi connectivity index (χ3v) is 12.6. The Morgan fingerprint density at radius 2 is 1.24 bits per heavy atom. The topological polar surface area (TPSA) is 65.5 Å². The van der Waals surface area contributed by atoms with Crippen LogP contribution in [0.5, 0.6) is 5.75 Å². The predicted molar refractivity (Wildman–Crippen MR) is 214 cm³/mol. The molecule has 4 rings (SSSR count). The van der Waals surface area contributed by atoms with Crippen LogP contribution < -0.4 is 4.74 Å². The largest absolute Gasteiger partial charge is 0.494 e. The average Bonchev–Trinajstić information content (AvgIpc) is 3.55. The highest BCUT2D eigenvalue weighted by atomic mass is 32.2. The quantitative estimate of drug-likeness (QED) is 0.0345. The van der Waals surface area contributed by atoms with Gasteiger partial charge in [0.1, 0.15) is 10.8 Å². The molecule has 50 heavy (non-hydrogen) atoms. The van der Waals surface area contributed by atoms with Crippen molar-refractivity contribution in [2.45, 2.75) is 139 Å². The Morgan fingerprint density at radius 1 is 0.660 bits per heavy atom. The number of thioether (sulfide) groups is 1. The molecule has 5 nitrogen and oxygen atoms in total. The fraction of sp³-hybridized carbons (Fsp3) is 0.548. The molecule has 4 aromatic rings. The number of rotatable bonds is 27. The predicted octanol–water partition coefficient (Wildman–Crippen LogP) is 13.2. The SMILES string of the molecule is CCCCCCCCCCCCSc1ccc2nc(-c3ccc(OCCCCCCCCCCOS(=O)(=O)c4ccc(C)cc4)cc3)sc2c1. The molecule has 0 bridgehead atoms. The molecule has 0 atom stereocenters. The van der Waals surface area contributed by atoms with Crippen LogP contribution in [-0.2, 0) is 14.3 Å². The minimum absolute atomic E-state index is 0.228. The number of ether oxygens (including phenoxy) is 1. The number of benzene rings is 3. The number of thiazole rings is 1. The second-order valence-corrected chi connectivity index (χ2v) is 17.3. The maximum atomic E-state index is 12.2. The van der Waals surface area contributed by atoms with Crippen LogP contribution in [0.3, 0.4) is 0 Å². The molecule has 0 aliphatic carbocycles. The van der Waals surface area contributed by atoms with Crippen molar-refractivity contribution in [1.82, 2.24) is 4.98 Å². The summed E-state index contributed by atoms with van der Waals surface area (Å²) in [7, 11) is -3.65. The van der Waals surface area contributed by atoms with Gasteiger partial charge in [-0.15, -0.1) is 23.1 Å². The van der Waals surface area contributed by atoms with Crippen molar-refractivity contribution in [3.63, 3.8) is 0 Å². The fourth-order valence-electron chi connectivity index (χ4n) is 5.99. The van der Waals surface area contributed by atoms with Crippen molar-refractivity contribution in [2.75, 3.05) is 19.0 Å². The molecule has 0 amide bonds. The number of nitrogens with zero attached hydrogens (tertiary/aromatic N) is 1. The monoisotopic (exact) mass is 737 g/mol. The summed E-state index contributed by atoms with van der Waals surface area (Å²) in [6, 6.07) is 21.9. The van der Waals surface area contributed by atoms with E-state index in [0.717, 1.165) is 66.1 Å². The molecule has 0 fully saturated rings. The first-order valence-electron chi connectivity index (χ1n) is 19.2. The van der Waals surface area contributed by atoms with Gasteiger partial charge in [0.05, 0.1) is 28.3 Å². The second-order valence-electron chi connectivity index (χ2n) is 13.5. The molecule has 8 heteroatoms. The Morgan fingerprint density at radius 3 is 1.88 bits per heavy atom. The Balaban J connectivity index is 1.02. The number of unbranched alkanes of at least 4 members (excludes halogenated alkanes) is 16. The molecular formula is C42H59NO4S3. The molecule has 0 saturated heterocycles. The first-order valence-corrected chi connectivity index (χ1v) is 22.4. The van der Waals surface area contributed by atoms with E-state index in [4.69, 9.17) is 13.9 Å². The van der Waals surface area contributed by atoms with Crippen molar-refractivity contribution in [2.24, 2.45) is 0 Å². The van der Waals surface area contributed by atoms with Gasteiger partial charge in [0.15, 0.2) is 0 Å². The smallest absolute Gasteiger partial charge is 0.296 e. The van der Waals surface area contributed by atoms with E-state index >= 15 is 0 Å². The molecule has 274 valence electrons. The third-order valence-electron chi connectivity index (χ3n) is 9.08. The molecule has 1 aromatic heterocycles. The molecule has 0 aliphatic rings. The zero-order valence-corrected chi connectivity index (χ0v) is 33.0. The van der Waals surface area contributed by atoms with Gasteiger partial charge in [-0.25, -0.2) is 4.98 Å². The highest BCUT2D eigenvalue weighted by molar-refractivity contribution is 7.99. The van der Waals surface area contributed by atoms with Crippen molar-refractivity contribution in [3.8, 4) is 16.3 Å². The van der Waals surface area contributed by atoms with Crippen molar-refractivity contribution in [1.29, 1.82) is 0 Å². The summed E-state index contributed by atoms with van der Waals surface area (Å²) >= 11 is 3.75. The Bertz CT molecular complexity index is 1600. The number of aromatic nitrogens is 1. The summed E-state index contributed by atoms with van der Waals surface area (Å²) in [4.78, 5) is 6.49. The Hall–Kier alpha value is -2.39. The Kier molecular flexibility index (Phi) is 18.8. The molecule has 0 spiro atoms. The minimum Gasteiger partial charge on any atom is -0.494 e. The maximum Gasteiger partial charge on any atom is 0.296 e. The van der Waals surface area contributed by atoms with E-state index in [-0.39, 0.29) is 11.5 Å². The summed E-state index contributed by atoms with van der Waals surface area (Å²) < 4.78 is 37.0. The van der Waals surface area contributed by atoms with Gasteiger partial charge < -0.3 is 4.74 Å². The molecule has 0 aliphatic heterocycles. The molecule has 1 heterocycles. The van der Waals surface area contributed by atoms with Crippen LogP contribution in [0.25, 0.3) is 20.8 Å². The standard InChI is InChI=1S/C42H59NO4S3/c1-3-4-5-6-7-8-11-14-17-20-33-48-38-27-30-40-41(34-38)49-42(43-40)36-23-25-37(26-24-36)46-31-18-15-12-9-10-13-16-19-32-47-50(44,45)39-28-21-35(2)22-29-39/h21-30,34H,3-20,31-33H2,1-2H3. The Labute approximate surface area is 311 Å². The van der Waals surface area contributed by atoms with E-state index in [1.54, 1.807) is 35.6 Å². The summed E-state index contributed by atoms with van der Waals surface area (Å²) in [5.41, 5.74) is 3.24. The van der Waals surface area contributed by atoms with E-state index in [9.17, 15) is 8.42 Å². The van der Waals surface area contributed by atoms with Crippen molar-refractivity contribution >= 4 is 43.4 Å². The van der Waals surface area contributed by atoms with Gasteiger partial charge in [-0.1, -0.05) is 121 Å². The van der Waals surface area contributed by atoms with Crippen molar-refractivity contribution in [3.05, 3.63) is 72.3 Å². The van der Waals surface area contributed by atoms with Crippen LogP contribution in [0.4, 0.5) is 0 Å². The average molecular weight is 738 g/mol. The number of hydrogen-bond donors (Lipinski definition) is 0. The lowest BCUT2D eigenvalue weighted by molar-refractivity contribution is 0.302. The van der Waals surface area contributed by atoms with E-state index in [1.807, 2.05) is 18.7 Å². The maximum absolute atomic E-state index is 12.2. The molecule has 0 N–H and O–H groups in total. The fourth-order valence-corrected chi connectivity index (χ4v) is 8.97. The summed E-state index contributed by atoms with van der Waals surface area (Å²) in [5, 5.41) is 1.06. The molecule has 0 radical (unpaired) electrons. The van der Waals surface area contributed by atoms with Crippen molar-refractivity contribution < 1.29 is 17.3 Å².